The Kier molecular flexibility index (Phi) is 5.85. The van der Waals surface area contributed by atoms with Crippen molar-refractivity contribution in [2.24, 2.45) is 0 Å². The van der Waals surface area contributed by atoms with Crippen LogP contribution in [0.3, 0.4) is 0 Å². The Balaban J connectivity index is 1.79. The minimum Gasteiger partial charge on any atom is -0.499 e. The van der Waals surface area contributed by atoms with Gasteiger partial charge < -0.3 is 20.3 Å². The topological polar surface area (TPSA) is 97.2 Å². The van der Waals surface area contributed by atoms with Crippen molar-refractivity contribution < 1.29 is 22.7 Å². The standard InChI is InChI=1S/C18H22F3N7O2/c1-5-12(30-4)14-16(29)25-13-10(2)24-17(26-15(13)27(14)3)22-6-11-7-23-28(8-11)9-18(19,20)21/h5,7-8,14H,6,9H2,1-4H3,(H,25,29)(H,22,24,26)/t14-/m0/s1. The van der Waals surface area contributed by atoms with E-state index in [1.165, 1.54) is 19.5 Å². The van der Waals surface area contributed by atoms with Crippen LogP contribution in [-0.4, -0.2) is 52.0 Å². The fourth-order valence-corrected chi connectivity index (χ4v) is 3.18. The van der Waals surface area contributed by atoms with E-state index >= 15 is 0 Å². The number of allylic oxidation sites excluding steroid dienone is 1. The number of likely N-dealkylation sites (N-methyl/N-ethyl adjacent to an activating group) is 1. The van der Waals surface area contributed by atoms with Crippen LogP contribution < -0.4 is 15.5 Å². The number of aryl methyl sites for hydroxylation is 1. The molecule has 2 N–H and O–H groups in total. The quantitative estimate of drug-likeness (QED) is 0.687. The fraction of sp³-hybridized carbons (Fsp3) is 0.444. The first kappa shape index (κ1) is 21.4. The van der Waals surface area contributed by atoms with Gasteiger partial charge in [0.05, 0.1) is 19.0 Å². The third-order valence-corrected chi connectivity index (χ3v) is 4.56. The van der Waals surface area contributed by atoms with Crippen molar-refractivity contribution in [3.63, 3.8) is 0 Å². The summed E-state index contributed by atoms with van der Waals surface area (Å²) in [5.41, 5.74) is 1.59. The van der Waals surface area contributed by atoms with E-state index in [9.17, 15) is 18.0 Å². The number of fused-ring (bicyclic) bond motifs is 1. The maximum atomic E-state index is 12.5. The van der Waals surface area contributed by atoms with Gasteiger partial charge in [-0.25, -0.2) is 4.98 Å². The van der Waals surface area contributed by atoms with Gasteiger partial charge in [-0.3, -0.25) is 9.48 Å². The van der Waals surface area contributed by atoms with E-state index in [1.54, 1.807) is 31.9 Å². The number of nitrogens with one attached hydrogen (secondary N) is 2. The van der Waals surface area contributed by atoms with Gasteiger partial charge >= 0.3 is 6.18 Å². The second-order valence-corrected chi connectivity index (χ2v) is 6.74. The lowest BCUT2D eigenvalue weighted by molar-refractivity contribution is -0.142. The summed E-state index contributed by atoms with van der Waals surface area (Å²) in [6.07, 6.45) is 0.0286. The molecule has 1 aliphatic rings. The first-order chi connectivity index (χ1) is 14.1. The Morgan fingerprint density at radius 2 is 2.13 bits per heavy atom. The predicted molar refractivity (Wildman–Crippen MR) is 104 cm³/mol. The van der Waals surface area contributed by atoms with E-state index in [0.29, 0.717) is 28.5 Å². The molecule has 0 saturated carbocycles. The van der Waals surface area contributed by atoms with E-state index < -0.39 is 18.8 Å². The number of halogens is 3. The van der Waals surface area contributed by atoms with Crippen LogP contribution in [0.15, 0.2) is 24.2 Å². The normalized spacial score (nSPS) is 16.9. The number of carbonyl (C=O) groups excluding carboxylic acids is 1. The number of carbonyl (C=O) groups is 1. The minimum absolute atomic E-state index is 0.188. The van der Waals surface area contributed by atoms with Gasteiger partial charge in [0, 0.05) is 25.4 Å². The number of alkyl halides is 3. The van der Waals surface area contributed by atoms with E-state index in [0.717, 1.165) is 4.68 Å². The molecule has 3 rings (SSSR count). The van der Waals surface area contributed by atoms with Crippen LogP contribution in [0.4, 0.5) is 30.6 Å². The third-order valence-electron chi connectivity index (χ3n) is 4.56. The number of aromatic nitrogens is 4. The molecule has 3 heterocycles. The molecule has 12 heteroatoms. The highest BCUT2D eigenvalue weighted by molar-refractivity contribution is 6.05. The summed E-state index contributed by atoms with van der Waals surface area (Å²) in [5.74, 6) is 0.989. The van der Waals surface area contributed by atoms with Gasteiger partial charge in [-0.2, -0.15) is 23.3 Å². The smallest absolute Gasteiger partial charge is 0.408 e. The van der Waals surface area contributed by atoms with Crippen LogP contribution in [0, 0.1) is 6.92 Å². The lowest BCUT2D eigenvalue weighted by Crippen LogP contribution is -2.48. The molecule has 0 fully saturated rings. The van der Waals surface area contributed by atoms with Crippen molar-refractivity contribution in [3.8, 4) is 0 Å². The molecule has 30 heavy (non-hydrogen) atoms. The molecule has 9 nitrogen and oxygen atoms in total. The molecule has 1 atom stereocenters. The summed E-state index contributed by atoms with van der Waals surface area (Å²) in [6, 6.07) is -0.685. The largest absolute Gasteiger partial charge is 0.499 e. The summed E-state index contributed by atoms with van der Waals surface area (Å²) in [6.45, 7) is 2.54. The predicted octanol–water partition coefficient (Wildman–Crippen LogP) is 2.46. The number of hydrogen-bond acceptors (Lipinski definition) is 7. The zero-order valence-electron chi connectivity index (χ0n) is 16.9. The number of nitrogens with zero attached hydrogens (tertiary/aromatic N) is 5. The highest BCUT2D eigenvalue weighted by atomic mass is 19.4. The number of hydrogen-bond donors (Lipinski definition) is 2. The molecular formula is C18H22F3N7O2. The van der Waals surface area contributed by atoms with Gasteiger partial charge in [0.1, 0.15) is 18.0 Å². The van der Waals surface area contributed by atoms with Crippen LogP contribution in [-0.2, 0) is 22.6 Å². The molecular weight excluding hydrogens is 403 g/mol. The van der Waals surface area contributed by atoms with Crippen LogP contribution in [0.2, 0.25) is 0 Å². The number of methoxy groups -OCH3 is 1. The Morgan fingerprint density at radius 3 is 2.77 bits per heavy atom. The monoisotopic (exact) mass is 425 g/mol. The molecule has 1 aliphatic heterocycles. The minimum atomic E-state index is -4.34. The SMILES string of the molecule is CC=C(OC)[C@H]1C(=O)Nc2c(C)nc(NCc3cnn(CC(F)(F)F)c3)nc2N1C. The van der Waals surface area contributed by atoms with Crippen LogP contribution in [0.1, 0.15) is 18.2 Å². The zero-order chi connectivity index (χ0) is 22.1. The molecule has 2 aromatic heterocycles. The van der Waals surface area contributed by atoms with Gasteiger partial charge in [0.15, 0.2) is 11.9 Å². The first-order valence-electron chi connectivity index (χ1n) is 9.07. The van der Waals surface area contributed by atoms with Crippen molar-refractivity contribution in [1.82, 2.24) is 19.7 Å². The van der Waals surface area contributed by atoms with Gasteiger partial charge in [0.25, 0.3) is 5.91 Å². The molecule has 1 amide bonds. The zero-order valence-corrected chi connectivity index (χ0v) is 16.9. The summed E-state index contributed by atoms with van der Waals surface area (Å²) in [7, 11) is 3.21. The molecule has 2 aromatic rings. The second-order valence-electron chi connectivity index (χ2n) is 6.74. The highest BCUT2D eigenvalue weighted by Crippen LogP contribution is 2.34. The van der Waals surface area contributed by atoms with Crippen molar-refractivity contribution in [2.45, 2.75) is 39.2 Å². The number of ether oxygens (including phenoxy) is 1. The second kappa shape index (κ2) is 8.20. The van der Waals surface area contributed by atoms with Crippen LogP contribution in [0.25, 0.3) is 0 Å². The van der Waals surface area contributed by atoms with Gasteiger partial charge in [-0.15, -0.1) is 0 Å². The molecule has 0 saturated heterocycles. The van der Waals surface area contributed by atoms with Crippen molar-refractivity contribution in [3.05, 3.63) is 35.5 Å². The third kappa shape index (κ3) is 4.47. The molecule has 0 radical (unpaired) electrons. The van der Waals surface area contributed by atoms with Crippen LogP contribution in [0.5, 0.6) is 0 Å². The average molecular weight is 425 g/mol. The van der Waals surface area contributed by atoms with E-state index in [-0.39, 0.29) is 18.4 Å². The Labute approximate surface area is 170 Å². The average Bonchev–Trinajstić information content (AvgIpc) is 3.10. The molecule has 0 aliphatic carbocycles. The summed E-state index contributed by atoms with van der Waals surface area (Å²) < 4.78 is 43.5. The van der Waals surface area contributed by atoms with Crippen molar-refractivity contribution in [1.29, 1.82) is 0 Å². The van der Waals surface area contributed by atoms with Gasteiger partial charge in [0.2, 0.25) is 5.95 Å². The van der Waals surface area contributed by atoms with Crippen LogP contribution >= 0.6 is 0 Å². The Hall–Kier alpha value is -3.31. The summed E-state index contributed by atoms with van der Waals surface area (Å²) in [4.78, 5) is 23.0. The maximum absolute atomic E-state index is 12.5. The van der Waals surface area contributed by atoms with Crippen molar-refractivity contribution >= 4 is 23.4 Å². The van der Waals surface area contributed by atoms with E-state index in [2.05, 4.69) is 25.7 Å². The molecule has 0 spiro atoms. The lowest BCUT2D eigenvalue weighted by atomic mass is 10.1. The number of anilines is 3. The number of amides is 1. The molecule has 162 valence electrons. The van der Waals surface area contributed by atoms with E-state index in [4.69, 9.17) is 4.74 Å². The Bertz CT molecular complexity index is 971. The van der Waals surface area contributed by atoms with Gasteiger partial charge in [-0.05, 0) is 19.9 Å². The van der Waals surface area contributed by atoms with E-state index in [1.807, 2.05) is 0 Å². The summed E-state index contributed by atoms with van der Waals surface area (Å²) >= 11 is 0. The maximum Gasteiger partial charge on any atom is 0.408 e. The van der Waals surface area contributed by atoms with Crippen molar-refractivity contribution in [2.75, 3.05) is 29.7 Å². The first-order valence-corrected chi connectivity index (χ1v) is 9.07. The molecule has 0 aromatic carbocycles. The van der Waals surface area contributed by atoms with Gasteiger partial charge in [-0.1, -0.05) is 0 Å². The summed E-state index contributed by atoms with van der Waals surface area (Å²) in [5, 5.41) is 9.51. The number of rotatable bonds is 6. The highest BCUT2D eigenvalue weighted by Gasteiger charge is 2.36. The lowest BCUT2D eigenvalue weighted by Gasteiger charge is -2.35. The molecule has 0 unspecified atom stereocenters. The Morgan fingerprint density at radius 1 is 1.40 bits per heavy atom. The molecule has 0 bridgehead atoms. The fourth-order valence-electron chi connectivity index (χ4n) is 3.18.